The van der Waals surface area contributed by atoms with Gasteiger partial charge in [-0.05, 0) is 34.8 Å². The fourth-order valence-electron chi connectivity index (χ4n) is 1.03. The number of halogens is 2. The Morgan fingerprint density at radius 2 is 2.36 bits per heavy atom. The minimum atomic E-state index is -0.873. The van der Waals surface area contributed by atoms with Crippen LogP contribution in [0.15, 0.2) is 16.7 Å². The number of aryl methyl sites for hydroxylation is 1. The summed E-state index contributed by atoms with van der Waals surface area (Å²) in [5, 5.41) is 8.38. The zero-order valence-electron chi connectivity index (χ0n) is 7.33. The standard InChI is InChI=1S/C9H9BrFNO2/c10-6-4-7(11)8(12-5-6)2-1-3-9(13)14/h4-5H,1-3H2,(H,13,14). The van der Waals surface area contributed by atoms with Gasteiger partial charge in [0.05, 0.1) is 5.69 Å². The van der Waals surface area contributed by atoms with E-state index in [0.717, 1.165) is 0 Å². The van der Waals surface area contributed by atoms with Crippen molar-refractivity contribution in [2.24, 2.45) is 0 Å². The van der Waals surface area contributed by atoms with Crippen LogP contribution in [0.1, 0.15) is 18.5 Å². The summed E-state index contributed by atoms with van der Waals surface area (Å²) in [6.07, 6.45) is 2.29. The van der Waals surface area contributed by atoms with E-state index in [9.17, 15) is 9.18 Å². The van der Waals surface area contributed by atoms with Crippen molar-refractivity contribution in [1.29, 1.82) is 0 Å². The molecule has 0 amide bonds. The maximum absolute atomic E-state index is 13.1. The second-order valence-electron chi connectivity index (χ2n) is 2.83. The molecule has 1 aromatic rings. The van der Waals surface area contributed by atoms with Crippen LogP contribution >= 0.6 is 15.9 Å². The molecule has 0 aliphatic rings. The van der Waals surface area contributed by atoms with Crippen molar-refractivity contribution in [1.82, 2.24) is 4.98 Å². The van der Waals surface area contributed by atoms with Crippen LogP contribution < -0.4 is 0 Å². The van der Waals surface area contributed by atoms with Crippen molar-refractivity contribution in [2.75, 3.05) is 0 Å². The van der Waals surface area contributed by atoms with Gasteiger partial charge in [-0.1, -0.05) is 0 Å². The van der Waals surface area contributed by atoms with E-state index in [1.54, 1.807) is 0 Å². The summed E-state index contributed by atoms with van der Waals surface area (Å²) < 4.78 is 13.7. The Morgan fingerprint density at radius 1 is 1.64 bits per heavy atom. The van der Waals surface area contributed by atoms with Gasteiger partial charge < -0.3 is 5.11 Å². The lowest BCUT2D eigenvalue weighted by molar-refractivity contribution is -0.137. The third-order valence-electron chi connectivity index (χ3n) is 1.69. The van der Waals surface area contributed by atoms with Crippen LogP contribution in [0.5, 0.6) is 0 Å². The number of aromatic nitrogens is 1. The fraction of sp³-hybridized carbons (Fsp3) is 0.333. The van der Waals surface area contributed by atoms with Crippen molar-refractivity contribution in [3.63, 3.8) is 0 Å². The predicted octanol–water partition coefficient (Wildman–Crippen LogP) is 2.39. The van der Waals surface area contributed by atoms with E-state index < -0.39 is 11.8 Å². The number of carboxylic acids is 1. The average molecular weight is 262 g/mol. The molecule has 14 heavy (non-hydrogen) atoms. The van der Waals surface area contributed by atoms with E-state index in [1.165, 1.54) is 12.3 Å². The Balaban J connectivity index is 2.55. The Hall–Kier alpha value is -0.970. The lowest BCUT2D eigenvalue weighted by Crippen LogP contribution is -1.99. The molecule has 3 nitrogen and oxygen atoms in total. The first kappa shape index (κ1) is 11.1. The van der Waals surface area contributed by atoms with Crippen molar-refractivity contribution < 1.29 is 14.3 Å². The topological polar surface area (TPSA) is 50.2 Å². The summed E-state index contributed by atoms with van der Waals surface area (Å²) in [5.74, 6) is -1.27. The van der Waals surface area contributed by atoms with Gasteiger partial charge in [-0.15, -0.1) is 0 Å². The van der Waals surface area contributed by atoms with Crippen LogP contribution in [0.4, 0.5) is 4.39 Å². The monoisotopic (exact) mass is 261 g/mol. The summed E-state index contributed by atoms with van der Waals surface area (Å²) in [7, 11) is 0. The largest absolute Gasteiger partial charge is 0.481 e. The summed E-state index contributed by atoms with van der Waals surface area (Å²) in [4.78, 5) is 14.1. The molecule has 5 heteroatoms. The number of hydrogen-bond donors (Lipinski definition) is 1. The molecule has 76 valence electrons. The van der Waals surface area contributed by atoms with Gasteiger partial charge in [0.1, 0.15) is 5.82 Å². The van der Waals surface area contributed by atoms with Gasteiger partial charge in [0.15, 0.2) is 0 Å². The normalized spacial score (nSPS) is 10.1. The van der Waals surface area contributed by atoms with E-state index >= 15 is 0 Å². The quantitative estimate of drug-likeness (QED) is 0.906. The molecule has 1 aromatic heterocycles. The van der Waals surface area contributed by atoms with Crippen molar-refractivity contribution >= 4 is 21.9 Å². The van der Waals surface area contributed by atoms with E-state index in [1.807, 2.05) is 0 Å². The molecule has 0 unspecified atom stereocenters. The van der Waals surface area contributed by atoms with Crippen LogP contribution in [0.25, 0.3) is 0 Å². The average Bonchev–Trinajstić information content (AvgIpc) is 2.08. The second-order valence-corrected chi connectivity index (χ2v) is 3.75. The number of pyridine rings is 1. The Morgan fingerprint density at radius 3 is 2.93 bits per heavy atom. The molecule has 0 aliphatic carbocycles. The van der Waals surface area contributed by atoms with E-state index in [-0.39, 0.29) is 6.42 Å². The first-order valence-electron chi connectivity index (χ1n) is 4.11. The molecule has 1 N–H and O–H groups in total. The molecule has 0 fully saturated rings. The fourth-order valence-corrected chi connectivity index (χ4v) is 1.34. The lowest BCUT2D eigenvalue weighted by atomic mass is 10.2. The van der Waals surface area contributed by atoms with Gasteiger partial charge in [0.25, 0.3) is 0 Å². The van der Waals surface area contributed by atoms with Gasteiger partial charge in [-0.25, -0.2) is 4.39 Å². The highest BCUT2D eigenvalue weighted by Crippen LogP contribution is 2.13. The zero-order valence-corrected chi connectivity index (χ0v) is 8.92. The Bertz CT molecular complexity index is 344. The Kier molecular flexibility index (Phi) is 4.00. The molecule has 0 atom stereocenters. The van der Waals surface area contributed by atoms with E-state index in [0.29, 0.717) is 23.0 Å². The molecule has 0 aliphatic heterocycles. The van der Waals surface area contributed by atoms with Crippen LogP contribution in [0.3, 0.4) is 0 Å². The maximum Gasteiger partial charge on any atom is 0.303 e. The first-order chi connectivity index (χ1) is 6.59. The number of hydrogen-bond acceptors (Lipinski definition) is 2. The van der Waals surface area contributed by atoms with Gasteiger partial charge in [-0.3, -0.25) is 9.78 Å². The Labute approximate surface area is 89.1 Å². The summed E-state index contributed by atoms with van der Waals surface area (Å²) >= 11 is 3.09. The molecule has 0 spiro atoms. The van der Waals surface area contributed by atoms with Crippen LogP contribution in [-0.4, -0.2) is 16.1 Å². The SMILES string of the molecule is O=C(O)CCCc1ncc(Br)cc1F. The number of carboxylic acid groups (broad SMARTS) is 1. The number of carbonyl (C=O) groups is 1. The van der Waals surface area contributed by atoms with Gasteiger partial charge in [0, 0.05) is 17.1 Å². The highest BCUT2D eigenvalue weighted by molar-refractivity contribution is 9.10. The highest BCUT2D eigenvalue weighted by Gasteiger charge is 2.05. The van der Waals surface area contributed by atoms with Crippen molar-refractivity contribution in [2.45, 2.75) is 19.3 Å². The minimum absolute atomic E-state index is 0.0389. The van der Waals surface area contributed by atoms with Gasteiger partial charge in [0.2, 0.25) is 0 Å². The molecule has 0 aromatic carbocycles. The number of aliphatic carboxylic acids is 1. The zero-order chi connectivity index (χ0) is 10.6. The third-order valence-corrected chi connectivity index (χ3v) is 2.12. The highest BCUT2D eigenvalue weighted by atomic mass is 79.9. The maximum atomic E-state index is 13.1. The van der Waals surface area contributed by atoms with Crippen LogP contribution in [-0.2, 0) is 11.2 Å². The molecule has 1 rings (SSSR count). The van der Waals surface area contributed by atoms with E-state index in [2.05, 4.69) is 20.9 Å². The molecule has 1 heterocycles. The van der Waals surface area contributed by atoms with Crippen molar-refractivity contribution in [3.05, 3.63) is 28.2 Å². The predicted molar refractivity (Wildman–Crippen MR) is 52.5 cm³/mol. The van der Waals surface area contributed by atoms with Crippen LogP contribution in [0.2, 0.25) is 0 Å². The summed E-state index contributed by atoms with van der Waals surface area (Å²) in [5.41, 5.74) is 0.314. The van der Waals surface area contributed by atoms with Crippen LogP contribution in [0, 0.1) is 5.82 Å². The minimum Gasteiger partial charge on any atom is -0.481 e. The molecule has 0 saturated heterocycles. The molecular formula is C9H9BrFNO2. The molecule has 0 saturated carbocycles. The molecule has 0 bridgehead atoms. The van der Waals surface area contributed by atoms with Gasteiger partial charge in [-0.2, -0.15) is 0 Å². The summed E-state index contributed by atoms with van der Waals surface area (Å²) in [6, 6.07) is 1.32. The summed E-state index contributed by atoms with van der Waals surface area (Å²) in [6.45, 7) is 0. The third kappa shape index (κ3) is 3.41. The smallest absolute Gasteiger partial charge is 0.303 e. The van der Waals surface area contributed by atoms with E-state index in [4.69, 9.17) is 5.11 Å². The number of nitrogens with zero attached hydrogens (tertiary/aromatic N) is 1. The first-order valence-corrected chi connectivity index (χ1v) is 4.90. The van der Waals surface area contributed by atoms with Crippen molar-refractivity contribution in [3.8, 4) is 0 Å². The van der Waals surface area contributed by atoms with Gasteiger partial charge >= 0.3 is 5.97 Å². The molecule has 0 radical (unpaired) electrons. The molecular weight excluding hydrogens is 253 g/mol. The number of rotatable bonds is 4. The second kappa shape index (κ2) is 5.05. The lowest BCUT2D eigenvalue weighted by Gasteiger charge is -2.00.